The van der Waals surface area contributed by atoms with Crippen molar-refractivity contribution in [2.75, 3.05) is 6.54 Å². The molecule has 3 aromatic heterocycles. The quantitative estimate of drug-likeness (QED) is 0.688. The number of aryl methyl sites for hydroxylation is 1. The second-order valence-corrected chi connectivity index (χ2v) is 5.04. The molecule has 0 radical (unpaired) electrons. The van der Waals surface area contributed by atoms with Gasteiger partial charge in [-0.25, -0.2) is 9.97 Å². The van der Waals surface area contributed by atoms with E-state index < -0.39 is 0 Å². The molecule has 0 aliphatic rings. The maximum atomic E-state index is 4.52. The van der Waals surface area contributed by atoms with Gasteiger partial charge in [0.1, 0.15) is 5.82 Å². The molecule has 3 aromatic rings. The largest absolute Gasteiger partial charge is 0.349 e. The number of nitrogens with zero attached hydrogens (tertiary/aromatic N) is 3. The van der Waals surface area contributed by atoms with Crippen LogP contribution in [0.4, 0.5) is 0 Å². The lowest BCUT2D eigenvalue weighted by atomic mass is 10.3. The summed E-state index contributed by atoms with van der Waals surface area (Å²) in [5.74, 6) is 1.02. The van der Waals surface area contributed by atoms with E-state index in [1.807, 2.05) is 6.20 Å². The topological polar surface area (TPSA) is 58.0 Å². The van der Waals surface area contributed by atoms with Crippen LogP contribution in [-0.4, -0.2) is 25.9 Å². The smallest absolute Gasteiger partial charge is 0.194 e. The summed E-state index contributed by atoms with van der Waals surface area (Å²) in [7, 11) is 0. The van der Waals surface area contributed by atoms with Crippen LogP contribution in [0.5, 0.6) is 0 Å². The number of fused-ring (bicyclic) bond motifs is 1. The Kier molecular flexibility index (Phi) is 3.12. The molecule has 0 unspecified atom stereocenters. The van der Waals surface area contributed by atoms with E-state index >= 15 is 0 Å². The van der Waals surface area contributed by atoms with E-state index in [9.17, 15) is 0 Å². The number of imidazole rings is 2. The third kappa shape index (κ3) is 2.16. The zero-order chi connectivity index (χ0) is 12.4. The van der Waals surface area contributed by atoms with Crippen molar-refractivity contribution in [3.05, 3.63) is 41.2 Å². The van der Waals surface area contributed by atoms with Crippen LogP contribution in [0.1, 0.15) is 17.2 Å². The highest BCUT2D eigenvalue weighted by atomic mass is 32.1. The summed E-state index contributed by atoms with van der Waals surface area (Å²) >= 11 is 1.67. The lowest BCUT2D eigenvalue weighted by molar-refractivity contribution is 0.658. The standard InChI is InChI=1S/C12H15N5S/c1-9-10(17-6-7-18-12(17)16-9)8-13-3-2-11-14-4-5-15-11/h4-7,13H,2-3,8H2,1H3,(H,14,15). The predicted molar refractivity (Wildman–Crippen MR) is 71.8 cm³/mol. The minimum absolute atomic E-state index is 0.838. The van der Waals surface area contributed by atoms with Crippen LogP contribution in [0, 0.1) is 6.92 Å². The summed E-state index contributed by atoms with van der Waals surface area (Å²) in [6.45, 7) is 3.80. The van der Waals surface area contributed by atoms with E-state index in [4.69, 9.17) is 0 Å². The summed E-state index contributed by atoms with van der Waals surface area (Å²) in [6, 6.07) is 0. The number of rotatable bonds is 5. The minimum atomic E-state index is 0.838. The fourth-order valence-electron chi connectivity index (χ4n) is 2.00. The summed E-state index contributed by atoms with van der Waals surface area (Å²) in [5.41, 5.74) is 2.35. The fourth-order valence-corrected chi connectivity index (χ4v) is 2.78. The normalized spacial score (nSPS) is 11.4. The van der Waals surface area contributed by atoms with Crippen LogP contribution in [0.15, 0.2) is 24.0 Å². The molecule has 0 saturated heterocycles. The van der Waals surface area contributed by atoms with E-state index in [2.05, 4.69) is 43.2 Å². The Balaban J connectivity index is 1.59. The Morgan fingerprint density at radius 2 is 2.44 bits per heavy atom. The fraction of sp³-hybridized carbons (Fsp3) is 0.333. The van der Waals surface area contributed by atoms with Crippen LogP contribution in [0.3, 0.4) is 0 Å². The molecule has 2 N–H and O–H groups in total. The third-order valence-electron chi connectivity index (χ3n) is 2.95. The molecule has 3 rings (SSSR count). The molecule has 0 spiro atoms. The minimum Gasteiger partial charge on any atom is -0.349 e. The Hall–Kier alpha value is -1.66. The SMILES string of the molecule is Cc1nc2sccn2c1CNCCc1ncc[nH]1. The first-order valence-electron chi connectivity index (χ1n) is 5.94. The van der Waals surface area contributed by atoms with Gasteiger partial charge in [-0.3, -0.25) is 4.40 Å². The number of thiazole rings is 1. The van der Waals surface area contributed by atoms with Gasteiger partial charge in [0.25, 0.3) is 0 Å². The van der Waals surface area contributed by atoms with Gasteiger partial charge >= 0.3 is 0 Å². The molecule has 0 aromatic carbocycles. The molecule has 0 bridgehead atoms. The summed E-state index contributed by atoms with van der Waals surface area (Å²) in [5, 5.41) is 5.50. The first-order valence-corrected chi connectivity index (χ1v) is 6.82. The van der Waals surface area contributed by atoms with E-state index in [1.54, 1.807) is 17.5 Å². The average molecular weight is 261 g/mol. The zero-order valence-corrected chi connectivity index (χ0v) is 11.0. The number of hydrogen-bond donors (Lipinski definition) is 2. The molecule has 0 fully saturated rings. The van der Waals surface area contributed by atoms with Crippen LogP contribution in [0.2, 0.25) is 0 Å². The monoisotopic (exact) mass is 261 g/mol. The molecule has 94 valence electrons. The van der Waals surface area contributed by atoms with Gasteiger partial charge in [0, 0.05) is 43.5 Å². The van der Waals surface area contributed by atoms with Crippen molar-refractivity contribution < 1.29 is 0 Å². The Morgan fingerprint density at radius 1 is 1.50 bits per heavy atom. The van der Waals surface area contributed by atoms with Crippen LogP contribution >= 0.6 is 11.3 Å². The third-order valence-corrected chi connectivity index (χ3v) is 3.70. The molecule has 3 heterocycles. The van der Waals surface area contributed by atoms with Crippen LogP contribution < -0.4 is 5.32 Å². The summed E-state index contributed by atoms with van der Waals surface area (Å²) in [4.78, 5) is 12.9. The van der Waals surface area contributed by atoms with Gasteiger partial charge in [0.2, 0.25) is 0 Å². The van der Waals surface area contributed by atoms with Crippen molar-refractivity contribution in [3.8, 4) is 0 Å². The molecule has 0 amide bonds. The van der Waals surface area contributed by atoms with Crippen molar-refractivity contribution in [2.24, 2.45) is 0 Å². The maximum absolute atomic E-state index is 4.52. The van der Waals surface area contributed by atoms with Gasteiger partial charge in [-0.1, -0.05) is 0 Å². The average Bonchev–Trinajstić information content (AvgIpc) is 3.03. The first kappa shape index (κ1) is 11.4. The molecule has 6 heteroatoms. The number of aromatic amines is 1. The molecule has 0 aliphatic heterocycles. The van der Waals surface area contributed by atoms with Crippen LogP contribution in [0.25, 0.3) is 4.96 Å². The Bertz CT molecular complexity index is 622. The van der Waals surface area contributed by atoms with E-state index in [1.165, 1.54) is 5.69 Å². The number of hydrogen-bond acceptors (Lipinski definition) is 4. The molecular weight excluding hydrogens is 246 g/mol. The first-order chi connectivity index (χ1) is 8.84. The molecule has 0 atom stereocenters. The second kappa shape index (κ2) is 4.91. The van der Waals surface area contributed by atoms with Gasteiger partial charge in [0.15, 0.2) is 4.96 Å². The van der Waals surface area contributed by atoms with Crippen molar-refractivity contribution >= 4 is 16.3 Å². The van der Waals surface area contributed by atoms with E-state index in [0.717, 1.165) is 36.0 Å². The van der Waals surface area contributed by atoms with Gasteiger partial charge in [-0.05, 0) is 6.92 Å². The Labute approximate surface area is 109 Å². The highest BCUT2D eigenvalue weighted by Gasteiger charge is 2.08. The van der Waals surface area contributed by atoms with Gasteiger partial charge in [-0.15, -0.1) is 11.3 Å². The lowest BCUT2D eigenvalue weighted by Crippen LogP contribution is -2.18. The number of nitrogens with one attached hydrogen (secondary N) is 2. The number of aromatic nitrogens is 4. The van der Waals surface area contributed by atoms with Gasteiger partial charge in [0.05, 0.1) is 11.4 Å². The molecule has 5 nitrogen and oxygen atoms in total. The zero-order valence-electron chi connectivity index (χ0n) is 10.2. The maximum Gasteiger partial charge on any atom is 0.194 e. The van der Waals surface area contributed by atoms with Gasteiger partial charge in [-0.2, -0.15) is 0 Å². The highest BCUT2D eigenvalue weighted by Crippen LogP contribution is 2.16. The molecular formula is C12H15N5S. The van der Waals surface area contributed by atoms with Crippen LogP contribution in [-0.2, 0) is 13.0 Å². The lowest BCUT2D eigenvalue weighted by Gasteiger charge is -2.03. The Morgan fingerprint density at radius 3 is 3.28 bits per heavy atom. The summed E-state index contributed by atoms with van der Waals surface area (Å²) < 4.78 is 2.15. The highest BCUT2D eigenvalue weighted by molar-refractivity contribution is 7.15. The van der Waals surface area contributed by atoms with E-state index in [-0.39, 0.29) is 0 Å². The summed E-state index contributed by atoms with van der Waals surface area (Å²) in [6.07, 6.45) is 6.62. The van der Waals surface area contributed by atoms with E-state index in [0.29, 0.717) is 0 Å². The number of H-pyrrole nitrogens is 1. The van der Waals surface area contributed by atoms with Crippen molar-refractivity contribution in [1.29, 1.82) is 0 Å². The molecule has 18 heavy (non-hydrogen) atoms. The molecule has 0 saturated carbocycles. The van der Waals surface area contributed by atoms with Crippen molar-refractivity contribution in [1.82, 2.24) is 24.7 Å². The predicted octanol–water partition coefficient (Wildman–Crippen LogP) is 1.76. The second-order valence-electron chi connectivity index (χ2n) is 4.16. The van der Waals surface area contributed by atoms with Crippen molar-refractivity contribution in [2.45, 2.75) is 19.9 Å². The molecule has 0 aliphatic carbocycles. The van der Waals surface area contributed by atoms with Gasteiger partial charge < -0.3 is 10.3 Å². The van der Waals surface area contributed by atoms with Crippen molar-refractivity contribution in [3.63, 3.8) is 0 Å².